The Morgan fingerprint density at radius 3 is 3.00 bits per heavy atom. The van der Waals surface area contributed by atoms with E-state index in [4.69, 9.17) is 16.3 Å². The number of hydrogen-bond acceptors (Lipinski definition) is 3. The van der Waals surface area contributed by atoms with Gasteiger partial charge in [-0.3, -0.25) is 9.69 Å². The van der Waals surface area contributed by atoms with Gasteiger partial charge in [0.25, 0.3) is 0 Å². The fraction of sp³-hybridized carbons (Fsp3) is 0.636. The number of fused-ring (bicyclic) bond motifs is 2. The lowest BCUT2D eigenvalue weighted by molar-refractivity contribution is -0.105. The summed E-state index contributed by atoms with van der Waals surface area (Å²) in [7, 11) is 0. The Morgan fingerprint density at radius 2 is 2.38 bits per heavy atom. The van der Waals surface area contributed by atoms with Gasteiger partial charge in [-0.15, -0.1) is 0 Å². The Bertz CT molecular complexity index is 353. The van der Waals surface area contributed by atoms with Crippen LogP contribution in [0.25, 0.3) is 0 Å². The Balaban J connectivity index is 2.25. The standard InChI is InChI=1S/C11H14ClNO3/c1-2-16-11(15)13-7-3-4-10(13)8(6-14)9(12)5-7/h6-7,10H,2-5H2,1H3. The van der Waals surface area contributed by atoms with Gasteiger partial charge in [0.05, 0.1) is 12.6 Å². The Morgan fingerprint density at radius 1 is 1.62 bits per heavy atom. The van der Waals surface area contributed by atoms with Crippen molar-refractivity contribution in [3.63, 3.8) is 0 Å². The second kappa shape index (κ2) is 4.45. The number of halogens is 1. The summed E-state index contributed by atoms with van der Waals surface area (Å²) < 4.78 is 5.00. The van der Waals surface area contributed by atoms with Crippen LogP contribution in [0.3, 0.4) is 0 Å². The lowest BCUT2D eigenvalue weighted by Gasteiger charge is -2.33. The summed E-state index contributed by atoms with van der Waals surface area (Å²) in [6, 6.07) is -0.0805. The third-order valence-corrected chi connectivity index (χ3v) is 3.57. The summed E-state index contributed by atoms with van der Waals surface area (Å²) in [5.74, 6) is 0. The minimum absolute atomic E-state index is 0.0975. The minimum Gasteiger partial charge on any atom is -0.450 e. The summed E-state index contributed by atoms with van der Waals surface area (Å²) in [6.07, 6.45) is 2.69. The van der Waals surface area contributed by atoms with Crippen molar-refractivity contribution in [1.29, 1.82) is 0 Å². The predicted molar refractivity (Wildman–Crippen MR) is 59.2 cm³/mol. The molecule has 0 radical (unpaired) electrons. The van der Waals surface area contributed by atoms with Gasteiger partial charge >= 0.3 is 6.09 Å². The molecule has 0 aromatic rings. The van der Waals surface area contributed by atoms with Crippen LogP contribution in [0.15, 0.2) is 10.6 Å². The highest BCUT2D eigenvalue weighted by Crippen LogP contribution is 2.40. The minimum atomic E-state index is -0.335. The second-order valence-electron chi connectivity index (χ2n) is 4.04. The van der Waals surface area contributed by atoms with Crippen molar-refractivity contribution in [2.45, 2.75) is 38.3 Å². The van der Waals surface area contributed by atoms with Gasteiger partial charge in [-0.1, -0.05) is 11.6 Å². The van der Waals surface area contributed by atoms with Crippen LogP contribution in [0.5, 0.6) is 0 Å². The van der Waals surface area contributed by atoms with E-state index < -0.39 is 0 Å². The monoisotopic (exact) mass is 243 g/mol. The van der Waals surface area contributed by atoms with Crippen molar-refractivity contribution in [3.8, 4) is 0 Å². The fourth-order valence-electron chi connectivity index (χ4n) is 2.51. The van der Waals surface area contributed by atoms with Crippen LogP contribution < -0.4 is 0 Å². The lowest BCUT2D eigenvalue weighted by Crippen LogP contribution is -2.45. The summed E-state index contributed by atoms with van der Waals surface area (Å²) in [6.45, 7) is 2.12. The fourth-order valence-corrected chi connectivity index (χ4v) is 2.86. The van der Waals surface area contributed by atoms with Crippen LogP contribution in [0.4, 0.5) is 4.79 Å². The number of carbonyl (C=O) groups excluding carboxylic acids is 2. The smallest absolute Gasteiger partial charge is 0.410 e. The average molecular weight is 244 g/mol. The quantitative estimate of drug-likeness (QED) is 0.698. The molecule has 1 saturated heterocycles. The van der Waals surface area contributed by atoms with Gasteiger partial charge in [-0.05, 0) is 19.8 Å². The van der Waals surface area contributed by atoms with Gasteiger partial charge in [0.15, 0.2) is 0 Å². The number of aldehydes is 1. The molecule has 0 aliphatic carbocycles. The molecule has 1 fully saturated rings. The molecule has 1 amide bonds. The van der Waals surface area contributed by atoms with Crippen molar-refractivity contribution in [1.82, 2.24) is 4.90 Å². The SMILES string of the molecule is CCOC(=O)N1C2CCC1C(C=O)=C(Cl)C2. The van der Waals surface area contributed by atoms with Crippen LogP contribution in [0, 0.1) is 0 Å². The molecular weight excluding hydrogens is 230 g/mol. The van der Waals surface area contributed by atoms with E-state index in [0.717, 1.165) is 19.1 Å². The van der Waals surface area contributed by atoms with Crippen molar-refractivity contribution in [2.24, 2.45) is 0 Å². The Hall–Kier alpha value is -1.03. The summed E-state index contributed by atoms with van der Waals surface area (Å²) in [5.41, 5.74) is 0.545. The molecule has 0 aromatic heterocycles. The zero-order valence-electron chi connectivity index (χ0n) is 9.11. The first-order valence-electron chi connectivity index (χ1n) is 5.47. The third-order valence-electron chi connectivity index (χ3n) is 3.20. The van der Waals surface area contributed by atoms with Crippen LogP contribution in [-0.2, 0) is 9.53 Å². The molecule has 88 valence electrons. The van der Waals surface area contributed by atoms with E-state index in [1.54, 1.807) is 11.8 Å². The molecule has 2 bridgehead atoms. The normalized spacial score (nSPS) is 28.2. The van der Waals surface area contributed by atoms with E-state index in [1.807, 2.05) is 0 Å². The summed E-state index contributed by atoms with van der Waals surface area (Å²) >= 11 is 6.03. The van der Waals surface area contributed by atoms with Crippen LogP contribution in [0.1, 0.15) is 26.2 Å². The van der Waals surface area contributed by atoms with Gasteiger partial charge < -0.3 is 4.74 Å². The van der Waals surface area contributed by atoms with E-state index >= 15 is 0 Å². The Kier molecular flexibility index (Phi) is 3.19. The number of rotatable bonds is 2. The van der Waals surface area contributed by atoms with E-state index in [-0.39, 0.29) is 18.2 Å². The molecule has 2 aliphatic heterocycles. The maximum absolute atomic E-state index is 11.7. The van der Waals surface area contributed by atoms with Crippen molar-refractivity contribution in [3.05, 3.63) is 10.6 Å². The number of amides is 1. The van der Waals surface area contributed by atoms with Crippen LogP contribution in [0.2, 0.25) is 0 Å². The average Bonchev–Trinajstić information content (AvgIpc) is 2.56. The first-order chi connectivity index (χ1) is 7.69. The molecule has 4 nitrogen and oxygen atoms in total. The summed E-state index contributed by atoms with van der Waals surface area (Å²) in [5, 5.41) is 0.600. The predicted octanol–water partition coefficient (Wildman–Crippen LogP) is 2.07. The maximum Gasteiger partial charge on any atom is 0.410 e. The molecule has 0 saturated carbocycles. The van der Waals surface area contributed by atoms with Crippen LogP contribution >= 0.6 is 11.6 Å². The van der Waals surface area contributed by atoms with Crippen molar-refractivity contribution < 1.29 is 14.3 Å². The van der Waals surface area contributed by atoms with Gasteiger partial charge in [-0.25, -0.2) is 4.79 Å². The number of carbonyl (C=O) groups is 2. The van der Waals surface area contributed by atoms with Gasteiger partial charge in [0, 0.05) is 23.1 Å². The highest BCUT2D eigenvalue weighted by atomic mass is 35.5. The molecule has 0 spiro atoms. The molecule has 5 heteroatoms. The Labute approximate surface area is 99.2 Å². The second-order valence-corrected chi connectivity index (χ2v) is 4.49. The molecule has 16 heavy (non-hydrogen) atoms. The van der Waals surface area contributed by atoms with Crippen molar-refractivity contribution in [2.75, 3.05) is 6.61 Å². The molecule has 2 rings (SSSR count). The topological polar surface area (TPSA) is 46.6 Å². The number of nitrogens with zero attached hydrogens (tertiary/aromatic N) is 1. The summed E-state index contributed by atoms with van der Waals surface area (Å²) in [4.78, 5) is 24.4. The van der Waals surface area contributed by atoms with Gasteiger partial charge in [-0.2, -0.15) is 0 Å². The molecule has 2 aliphatic rings. The maximum atomic E-state index is 11.7. The molecule has 2 heterocycles. The molecule has 2 unspecified atom stereocenters. The largest absolute Gasteiger partial charge is 0.450 e. The zero-order chi connectivity index (χ0) is 11.7. The third kappa shape index (κ3) is 1.71. The lowest BCUT2D eigenvalue weighted by atomic mass is 10.0. The van der Waals surface area contributed by atoms with E-state index in [2.05, 4.69) is 0 Å². The first-order valence-corrected chi connectivity index (χ1v) is 5.85. The van der Waals surface area contributed by atoms with Gasteiger partial charge in [0.1, 0.15) is 6.29 Å². The molecule has 0 N–H and O–H groups in total. The van der Waals surface area contributed by atoms with Gasteiger partial charge in [0.2, 0.25) is 0 Å². The molecule has 2 atom stereocenters. The highest BCUT2D eigenvalue weighted by Gasteiger charge is 2.44. The zero-order valence-corrected chi connectivity index (χ0v) is 9.87. The first kappa shape index (κ1) is 11.5. The van der Waals surface area contributed by atoms with E-state index in [0.29, 0.717) is 23.6 Å². The molecule has 0 aromatic carbocycles. The van der Waals surface area contributed by atoms with E-state index in [9.17, 15) is 9.59 Å². The number of hydrogen-bond donors (Lipinski definition) is 0. The van der Waals surface area contributed by atoms with Crippen LogP contribution in [-0.4, -0.2) is 36.0 Å². The number of ether oxygens (including phenoxy) is 1. The van der Waals surface area contributed by atoms with E-state index in [1.165, 1.54) is 0 Å². The van der Waals surface area contributed by atoms with Crippen molar-refractivity contribution >= 4 is 24.0 Å². The highest BCUT2D eigenvalue weighted by molar-refractivity contribution is 6.31. The molecular formula is C11H14ClNO3.